The van der Waals surface area contributed by atoms with Gasteiger partial charge < -0.3 is 9.84 Å². The maximum atomic E-state index is 11.2. The van der Waals surface area contributed by atoms with Gasteiger partial charge in [-0.05, 0) is 19.8 Å². The van der Waals surface area contributed by atoms with E-state index in [1.165, 1.54) is 0 Å². The number of carboxylic acid groups (broad SMARTS) is 1. The summed E-state index contributed by atoms with van der Waals surface area (Å²) in [6.45, 7) is 2.49. The number of nitrogens with one attached hydrogen (secondary N) is 1. The highest BCUT2D eigenvalue weighted by Gasteiger charge is 2.33. The van der Waals surface area contributed by atoms with Crippen molar-refractivity contribution in [3.05, 3.63) is 0 Å². The van der Waals surface area contributed by atoms with Crippen LogP contribution in [0.15, 0.2) is 0 Å². The third-order valence-electron chi connectivity index (χ3n) is 2.16. The van der Waals surface area contributed by atoms with Crippen molar-refractivity contribution in [2.24, 2.45) is 0 Å². The van der Waals surface area contributed by atoms with Crippen LogP contribution in [0, 0.1) is 0 Å². The number of hydrogen-bond acceptors (Lipinski definition) is 4. The van der Waals surface area contributed by atoms with Crippen LogP contribution in [0.25, 0.3) is 0 Å². The number of hydrogen-bond donors (Lipinski definition) is 2. The normalized spacial score (nSPS) is 25.9. The van der Waals surface area contributed by atoms with E-state index in [1.54, 1.807) is 0 Å². The Kier molecular flexibility index (Phi) is 4.06. The molecule has 0 amide bonds. The van der Waals surface area contributed by atoms with Crippen LogP contribution in [0.1, 0.15) is 19.8 Å². The molecule has 0 aromatic carbocycles. The number of carbonyl (C=O) groups is 1. The van der Waals surface area contributed by atoms with Crippen molar-refractivity contribution >= 4 is 16.0 Å². The maximum Gasteiger partial charge on any atom is 0.320 e. The first-order chi connectivity index (χ1) is 6.93. The summed E-state index contributed by atoms with van der Waals surface area (Å²) in [5.41, 5.74) is 0. The molecule has 0 spiro atoms. The molecule has 0 heterocycles. The summed E-state index contributed by atoms with van der Waals surface area (Å²) in [7, 11) is -3.68. The van der Waals surface area contributed by atoms with Crippen LogP contribution in [-0.4, -0.2) is 44.0 Å². The number of rotatable bonds is 6. The van der Waals surface area contributed by atoms with Crippen LogP contribution in [0.5, 0.6) is 0 Å². The molecule has 0 atom stereocenters. The van der Waals surface area contributed by atoms with Gasteiger partial charge in [0.05, 0.1) is 6.10 Å². The Balaban J connectivity index is 2.29. The number of sulfonamides is 1. The van der Waals surface area contributed by atoms with Crippen LogP contribution in [0.2, 0.25) is 0 Å². The molecule has 1 aliphatic carbocycles. The summed E-state index contributed by atoms with van der Waals surface area (Å²) in [6.07, 6.45) is 1.34. The van der Waals surface area contributed by atoms with Crippen molar-refractivity contribution in [2.45, 2.75) is 31.9 Å². The lowest BCUT2D eigenvalue weighted by Gasteiger charge is -2.34. The van der Waals surface area contributed by atoms with Gasteiger partial charge in [0.15, 0.2) is 5.75 Å². The molecule has 7 heteroatoms. The van der Waals surface area contributed by atoms with Crippen LogP contribution < -0.4 is 4.72 Å². The van der Waals surface area contributed by atoms with Crippen molar-refractivity contribution in [3.8, 4) is 0 Å². The monoisotopic (exact) mass is 237 g/mol. The summed E-state index contributed by atoms with van der Waals surface area (Å²) >= 11 is 0. The van der Waals surface area contributed by atoms with Crippen LogP contribution in [0.3, 0.4) is 0 Å². The fraction of sp³-hybridized carbons (Fsp3) is 0.875. The maximum absolute atomic E-state index is 11.2. The topological polar surface area (TPSA) is 92.7 Å². The fourth-order valence-corrected chi connectivity index (χ4v) is 2.60. The molecule has 0 aromatic rings. The van der Waals surface area contributed by atoms with Crippen molar-refractivity contribution in [1.29, 1.82) is 0 Å². The van der Waals surface area contributed by atoms with Crippen LogP contribution in [0.4, 0.5) is 0 Å². The Bertz CT molecular complexity index is 320. The Morgan fingerprint density at radius 3 is 2.60 bits per heavy atom. The second-order valence-electron chi connectivity index (χ2n) is 3.52. The van der Waals surface area contributed by atoms with E-state index in [0.29, 0.717) is 19.4 Å². The molecule has 0 aromatic heterocycles. The lowest BCUT2D eigenvalue weighted by atomic mass is 9.90. The van der Waals surface area contributed by atoms with Gasteiger partial charge >= 0.3 is 5.97 Å². The number of aliphatic carboxylic acids is 1. The quantitative estimate of drug-likeness (QED) is 0.653. The lowest BCUT2D eigenvalue weighted by Crippen LogP contribution is -2.48. The molecule has 1 saturated carbocycles. The van der Waals surface area contributed by atoms with Crippen molar-refractivity contribution in [2.75, 3.05) is 12.4 Å². The van der Waals surface area contributed by atoms with E-state index in [1.807, 2.05) is 6.92 Å². The summed E-state index contributed by atoms with van der Waals surface area (Å²) < 4.78 is 29.9. The molecule has 2 N–H and O–H groups in total. The molecule has 88 valence electrons. The van der Waals surface area contributed by atoms with Gasteiger partial charge in [0.1, 0.15) is 0 Å². The predicted octanol–water partition coefficient (Wildman–Crippen LogP) is -0.442. The molecular formula is C8H15NO5S. The highest BCUT2D eigenvalue weighted by atomic mass is 32.2. The van der Waals surface area contributed by atoms with Gasteiger partial charge in [0.2, 0.25) is 10.0 Å². The SMILES string of the molecule is CCOC1CC(NS(=O)(=O)CC(=O)O)C1. The Morgan fingerprint density at radius 2 is 2.13 bits per heavy atom. The van der Waals surface area contributed by atoms with Gasteiger partial charge in [-0.15, -0.1) is 0 Å². The molecule has 0 saturated heterocycles. The highest BCUT2D eigenvalue weighted by Crippen LogP contribution is 2.23. The molecule has 1 rings (SSSR count). The third-order valence-corrected chi connectivity index (χ3v) is 3.48. The Labute approximate surface area is 88.7 Å². The second-order valence-corrected chi connectivity index (χ2v) is 5.27. The van der Waals surface area contributed by atoms with Crippen LogP contribution >= 0.6 is 0 Å². The van der Waals surface area contributed by atoms with Gasteiger partial charge in [-0.25, -0.2) is 13.1 Å². The molecule has 0 unspecified atom stereocenters. The van der Waals surface area contributed by atoms with Crippen LogP contribution in [-0.2, 0) is 19.6 Å². The summed E-state index contributed by atoms with van der Waals surface area (Å²) in [6, 6.07) is -0.175. The zero-order chi connectivity index (χ0) is 11.5. The second kappa shape index (κ2) is 4.91. The molecule has 1 fully saturated rings. The largest absolute Gasteiger partial charge is 0.480 e. The van der Waals surface area contributed by atoms with E-state index in [9.17, 15) is 13.2 Å². The minimum absolute atomic E-state index is 0.104. The molecule has 0 bridgehead atoms. The molecule has 6 nitrogen and oxygen atoms in total. The first kappa shape index (κ1) is 12.4. The fourth-order valence-electron chi connectivity index (χ4n) is 1.49. The van der Waals surface area contributed by atoms with Gasteiger partial charge in [0, 0.05) is 12.6 Å². The van der Waals surface area contributed by atoms with E-state index < -0.39 is 21.7 Å². The predicted molar refractivity (Wildman–Crippen MR) is 53.0 cm³/mol. The molecule has 1 aliphatic rings. The average molecular weight is 237 g/mol. The minimum atomic E-state index is -3.68. The van der Waals surface area contributed by atoms with E-state index in [-0.39, 0.29) is 12.1 Å². The van der Waals surface area contributed by atoms with E-state index in [4.69, 9.17) is 9.84 Å². The first-order valence-electron chi connectivity index (χ1n) is 4.76. The Morgan fingerprint density at radius 1 is 1.53 bits per heavy atom. The lowest BCUT2D eigenvalue weighted by molar-refractivity contribution is -0.134. The molecule has 15 heavy (non-hydrogen) atoms. The summed E-state index contributed by atoms with van der Waals surface area (Å²) in [4.78, 5) is 10.2. The standard InChI is InChI=1S/C8H15NO5S/c1-2-14-7-3-6(4-7)9-15(12,13)5-8(10)11/h6-7,9H,2-5H2,1H3,(H,10,11). The minimum Gasteiger partial charge on any atom is -0.480 e. The van der Waals surface area contributed by atoms with Crippen molar-refractivity contribution in [1.82, 2.24) is 4.72 Å². The molecule has 0 radical (unpaired) electrons. The average Bonchev–Trinajstić information content (AvgIpc) is 1.97. The van der Waals surface area contributed by atoms with Crippen molar-refractivity contribution < 1.29 is 23.1 Å². The van der Waals surface area contributed by atoms with Gasteiger partial charge in [-0.2, -0.15) is 0 Å². The van der Waals surface area contributed by atoms with Crippen molar-refractivity contribution in [3.63, 3.8) is 0 Å². The summed E-state index contributed by atoms with van der Waals surface area (Å²) in [5.74, 6) is -2.22. The Hall–Kier alpha value is -0.660. The summed E-state index contributed by atoms with van der Waals surface area (Å²) in [5, 5.41) is 8.35. The van der Waals surface area contributed by atoms with Gasteiger partial charge in [-0.1, -0.05) is 0 Å². The molecular weight excluding hydrogens is 222 g/mol. The molecule has 0 aliphatic heterocycles. The number of ether oxygens (including phenoxy) is 1. The van der Waals surface area contributed by atoms with E-state index in [2.05, 4.69) is 4.72 Å². The highest BCUT2D eigenvalue weighted by molar-refractivity contribution is 7.90. The third kappa shape index (κ3) is 4.15. The number of carboxylic acids is 1. The van der Waals surface area contributed by atoms with E-state index >= 15 is 0 Å². The van der Waals surface area contributed by atoms with Gasteiger partial charge in [0.25, 0.3) is 0 Å². The first-order valence-corrected chi connectivity index (χ1v) is 6.41. The zero-order valence-corrected chi connectivity index (χ0v) is 9.29. The zero-order valence-electron chi connectivity index (χ0n) is 8.47. The van der Waals surface area contributed by atoms with Gasteiger partial charge in [-0.3, -0.25) is 4.79 Å². The van der Waals surface area contributed by atoms with E-state index in [0.717, 1.165) is 0 Å². The smallest absolute Gasteiger partial charge is 0.320 e.